The first-order chi connectivity index (χ1) is 12.1. The van der Waals surface area contributed by atoms with Crippen LogP contribution < -0.4 is 10.6 Å². The summed E-state index contributed by atoms with van der Waals surface area (Å²) >= 11 is 0. The van der Waals surface area contributed by atoms with Crippen LogP contribution in [0.1, 0.15) is 58.3 Å². The van der Waals surface area contributed by atoms with E-state index in [1.807, 2.05) is 4.90 Å². The topological polar surface area (TPSA) is 60.0 Å². The van der Waals surface area contributed by atoms with Crippen molar-refractivity contribution < 1.29 is 4.79 Å². The predicted octanol–water partition coefficient (Wildman–Crippen LogP) is 2.07. The Balaban J connectivity index is 2.06. The third-order valence-corrected chi connectivity index (χ3v) is 4.45. The zero-order valence-corrected chi connectivity index (χ0v) is 16.6. The molecule has 1 fully saturated rings. The largest absolute Gasteiger partial charge is 0.357 e. The molecule has 0 saturated carbocycles. The molecule has 1 saturated heterocycles. The summed E-state index contributed by atoms with van der Waals surface area (Å²) in [5, 5.41) is 6.71. The highest BCUT2D eigenvalue weighted by Crippen LogP contribution is 2.09. The number of likely N-dealkylation sites (tertiary alicyclic amines) is 1. The van der Waals surface area contributed by atoms with Gasteiger partial charge >= 0.3 is 0 Å². The minimum atomic E-state index is 0.305. The lowest BCUT2D eigenvalue weighted by atomic mass is 10.1. The van der Waals surface area contributed by atoms with Crippen molar-refractivity contribution in [2.24, 2.45) is 4.99 Å². The molecule has 25 heavy (non-hydrogen) atoms. The number of unbranched alkanes of at least 4 members (excludes halogenated alkanes) is 4. The molecule has 0 unspecified atom stereocenters. The molecule has 1 aliphatic rings. The summed E-state index contributed by atoms with van der Waals surface area (Å²) < 4.78 is 0. The Labute approximate surface area is 154 Å². The highest BCUT2D eigenvalue weighted by molar-refractivity contribution is 5.79. The van der Waals surface area contributed by atoms with Crippen LogP contribution in [0, 0.1) is 0 Å². The van der Waals surface area contributed by atoms with Crippen LogP contribution in [-0.4, -0.2) is 75.0 Å². The second-order valence-electron chi connectivity index (χ2n) is 7.10. The first-order valence-electron chi connectivity index (χ1n) is 10.1. The summed E-state index contributed by atoms with van der Waals surface area (Å²) in [6, 6.07) is 0. The number of hydrogen-bond donors (Lipinski definition) is 2. The molecule has 6 heteroatoms. The summed E-state index contributed by atoms with van der Waals surface area (Å²) in [4.78, 5) is 20.4. The first-order valence-corrected chi connectivity index (χ1v) is 10.1. The molecule has 1 aliphatic heterocycles. The highest BCUT2D eigenvalue weighted by Gasteiger charge is 2.18. The molecule has 0 atom stereocenters. The Kier molecular flexibility index (Phi) is 12.1. The Morgan fingerprint density at radius 3 is 2.56 bits per heavy atom. The summed E-state index contributed by atoms with van der Waals surface area (Å²) in [7, 11) is 4.27. The highest BCUT2D eigenvalue weighted by atomic mass is 16.2. The molecule has 0 radical (unpaired) electrons. The van der Waals surface area contributed by atoms with E-state index in [0.29, 0.717) is 5.91 Å². The molecule has 146 valence electrons. The van der Waals surface area contributed by atoms with Gasteiger partial charge in [-0.3, -0.25) is 9.79 Å². The van der Waals surface area contributed by atoms with E-state index in [4.69, 9.17) is 0 Å². The van der Waals surface area contributed by atoms with Crippen LogP contribution >= 0.6 is 0 Å². The van der Waals surface area contributed by atoms with Crippen molar-refractivity contribution in [1.29, 1.82) is 0 Å². The van der Waals surface area contributed by atoms with Gasteiger partial charge in [0, 0.05) is 39.1 Å². The van der Waals surface area contributed by atoms with E-state index in [0.717, 1.165) is 57.9 Å². The Morgan fingerprint density at radius 2 is 1.88 bits per heavy atom. The number of nitrogens with one attached hydrogen (secondary N) is 2. The molecular weight excluding hydrogens is 314 g/mol. The molecule has 1 heterocycles. The zero-order valence-electron chi connectivity index (χ0n) is 16.6. The van der Waals surface area contributed by atoms with E-state index in [1.54, 1.807) is 0 Å². The Hall–Kier alpha value is -1.30. The van der Waals surface area contributed by atoms with Gasteiger partial charge in [0.05, 0.1) is 0 Å². The van der Waals surface area contributed by atoms with Crippen LogP contribution in [0.25, 0.3) is 0 Å². The molecular formula is C19H39N5O. The van der Waals surface area contributed by atoms with Crippen LogP contribution in [0.15, 0.2) is 4.99 Å². The second-order valence-corrected chi connectivity index (χ2v) is 7.10. The summed E-state index contributed by atoms with van der Waals surface area (Å²) in [5.74, 6) is 1.21. The van der Waals surface area contributed by atoms with Gasteiger partial charge in [-0.2, -0.15) is 0 Å². The average Bonchev–Trinajstić information content (AvgIpc) is 2.98. The van der Waals surface area contributed by atoms with Gasteiger partial charge in [0.25, 0.3) is 0 Å². The maximum absolute atomic E-state index is 11.6. The van der Waals surface area contributed by atoms with E-state index in [9.17, 15) is 4.79 Å². The average molecular weight is 354 g/mol. The molecule has 0 aliphatic carbocycles. The van der Waals surface area contributed by atoms with Crippen molar-refractivity contribution in [3.05, 3.63) is 0 Å². The van der Waals surface area contributed by atoms with Gasteiger partial charge in [0.1, 0.15) is 0 Å². The molecule has 6 nitrogen and oxygen atoms in total. The van der Waals surface area contributed by atoms with Gasteiger partial charge in [0.15, 0.2) is 5.96 Å². The lowest BCUT2D eigenvalue weighted by Gasteiger charge is -2.15. The number of aliphatic imine (C=N–C) groups is 1. The number of rotatable bonds is 13. The van der Waals surface area contributed by atoms with Crippen LogP contribution in [0.5, 0.6) is 0 Å². The standard InChI is InChI=1S/C19H39N5O/c1-4-20-19(21-13-8-6-5-7-9-15-23(2)3)22-14-11-17-24-16-10-12-18(24)25/h4-17H2,1-3H3,(H2,20,21,22). The van der Waals surface area contributed by atoms with Crippen molar-refractivity contribution in [3.8, 4) is 0 Å². The van der Waals surface area contributed by atoms with Gasteiger partial charge in [-0.25, -0.2) is 0 Å². The number of guanidine groups is 1. The zero-order chi connectivity index (χ0) is 18.3. The predicted molar refractivity (Wildman–Crippen MR) is 106 cm³/mol. The number of amides is 1. The number of carbonyl (C=O) groups is 1. The van der Waals surface area contributed by atoms with Gasteiger partial charge in [-0.05, 0) is 53.2 Å². The summed E-state index contributed by atoms with van der Waals surface area (Å²) in [6.07, 6.45) is 9.07. The number of hydrogen-bond acceptors (Lipinski definition) is 3. The first kappa shape index (κ1) is 21.7. The van der Waals surface area contributed by atoms with Crippen LogP contribution in [0.4, 0.5) is 0 Å². The SMILES string of the molecule is CCNC(=NCCCN1CCCC1=O)NCCCCCCCN(C)C. The summed E-state index contributed by atoms with van der Waals surface area (Å²) in [5.41, 5.74) is 0. The quantitative estimate of drug-likeness (QED) is 0.302. The lowest BCUT2D eigenvalue weighted by molar-refractivity contribution is -0.127. The second kappa shape index (κ2) is 13.9. The smallest absolute Gasteiger partial charge is 0.222 e. The van der Waals surface area contributed by atoms with Crippen molar-refractivity contribution >= 4 is 11.9 Å². The van der Waals surface area contributed by atoms with E-state index in [1.165, 1.54) is 38.6 Å². The maximum atomic E-state index is 11.6. The fraction of sp³-hybridized carbons (Fsp3) is 0.895. The molecule has 0 spiro atoms. The molecule has 1 amide bonds. The molecule has 0 aromatic rings. The van der Waals surface area contributed by atoms with E-state index < -0.39 is 0 Å². The lowest BCUT2D eigenvalue weighted by Crippen LogP contribution is -2.38. The van der Waals surface area contributed by atoms with Crippen molar-refractivity contribution in [2.75, 3.05) is 53.4 Å². The Morgan fingerprint density at radius 1 is 1.12 bits per heavy atom. The molecule has 2 N–H and O–H groups in total. The van der Waals surface area contributed by atoms with E-state index in [2.05, 4.69) is 41.5 Å². The van der Waals surface area contributed by atoms with Crippen molar-refractivity contribution in [2.45, 2.75) is 58.3 Å². The van der Waals surface area contributed by atoms with Crippen molar-refractivity contribution in [3.63, 3.8) is 0 Å². The molecule has 0 bridgehead atoms. The minimum absolute atomic E-state index is 0.305. The van der Waals surface area contributed by atoms with Gasteiger partial charge in [-0.15, -0.1) is 0 Å². The number of nitrogens with zero attached hydrogens (tertiary/aromatic N) is 3. The van der Waals surface area contributed by atoms with E-state index in [-0.39, 0.29) is 0 Å². The molecule has 0 aromatic heterocycles. The van der Waals surface area contributed by atoms with Gasteiger partial charge < -0.3 is 20.4 Å². The summed E-state index contributed by atoms with van der Waals surface area (Å²) in [6.45, 7) is 7.67. The van der Waals surface area contributed by atoms with Crippen LogP contribution in [0.3, 0.4) is 0 Å². The van der Waals surface area contributed by atoms with Crippen LogP contribution in [-0.2, 0) is 4.79 Å². The van der Waals surface area contributed by atoms with Crippen LogP contribution in [0.2, 0.25) is 0 Å². The third-order valence-electron chi connectivity index (χ3n) is 4.45. The maximum Gasteiger partial charge on any atom is 0.222 e. The van der Waals surface area contributed by atoms with E-state index >= 15 is 0 Å². The normalized spacial score (nSPS) is 15.3. The third kappa shape index (κ3) is 11.0. The fourth-order valence-corrected chi connectivity index (χ4v) is 3.02. The van der Waals surface area contributed by atoms with Gasteiger partial charge in [-0.1, -0.05) is 19.3 Å². The Bertz CT molecular complexity index is 384. The monoisotopic (exact) mass is 353 g/mol. The van der Waals surface area contributed by atoms with Crippen molar-refractivity contribution in [1.82, 2.24) is 20.4 Å². The molecule has 0 aromatic carbocycles. The van der Waals surface area contributed by atoms with Gasteiger partial charge in [0.2, 0.25) is 5.91 Å². The molecule has 1 rings (SSSR count). The fourth-order valence-electron chi connectivity index (χ4n) is 3.02. The minimum Gasteiger partial charge on any atom is -0.357 e. The number of carbonyl (C=O) groups excluding carboxylic acids is 1.